The van der Waals surface area contributed by atoms with E-state index in [2.05, 4.69) is 138 Å². The van der Waals surface area contributed by atoms with Gasteiger partial charge in [0.25, 0.3) is 5.95 Å². The number of allylic oxidation sites excluding steroid dienone is 1. The highest BCUT2D eigenvalue weighted by atomic mass is 16.7. The van der Waals surface area contributed by atoms with Gasteiger partial charge >= 0.3 is 66.7 Å². The first kappa shape index (κ1) is 100. The minimum absolute atomic E-state index is 0.0272. The number of alkyl carbamates (subject to hydrolysis) is 8. The van der Waals surface area contributed by atoms with Crippen LogP contribution in [0.5, 0.6) is 0 Å². The van der Waals surface area contributed by atoms with Crippen LogP contribution in [0.15, 0.2) is 75.4 Å². The molecule has 0 bridgehead atoms. The fourth-order valence-electron chi connectivity index (χ4n) is 9.13. The number of rotatable bonds is 58. The molecular formula is C74H128N8O23. The quantitative estimate of drug-likeness (QED) is 0.00700. The zero-order chi connectivity index (χ0) is 79.2. The Labute approximate surface area is 623 Å². The third-order valence-electron chi connectivity index (χ3n) is 14.6. The van der Waals surface area contributed by atoms with Gasteiger partial charge in [-0.05, 0) is 106 Å². The average molecular weight is 1500 g/mol. The van der Waals surface area contributed by atoms with Crippen molar-refractivity contribution in [3.8, 4) is 0 Å². The number of methoxy groups -OCH3 is 1. The van der Waals surface area contributed by atoms with E-state index < -0.39 is 72.6 Å². The van der Waals surface area contributed by atoms with Gasteiger partial charge in [0, 0.05) is 82.6 Å². The number of nitrogens with one attached hydrogen (secondary N) is 8. The summed E-state index contributed by atoms with van der Waals surface area (Å²) in [5.74, 6) is -1.87. The van der Waals surface area contributed by atoms with Gasteiger partial charge in [0.2, 0.25) is 0 Å². The first-order valence-corrected chi connectivity index (χ1v) is 36.3. The average Bonchev–Trinajstić information content (AvgIpc) is 0.894. The molecule has 602 valence electrons. The summed E-state index contributed by atoms with van der Waals surface area (Å²) in [6.07, 6.45) is 19.2. The van der Waals surface area contributed by atoms with E-state index in [1.165, 1.54) is 26.4 Å². The molecule has 0 radical (unpaired) electrons. The molecule has 0 saturated heterocycles. The van der Waals surface area contributed by atoms with E-state index in [1.807, 2.05) is 6.92 Å². The van der Waals surface area contributed by atoms with Gasteiger partial charge in [0.1, 0.15) is 13.2 Å². The van der Waals surface area contributed by atoms with Crippen molar-refractivity contribution in [2.45, 2.75) is 190 Å². The number of unbranched alkanes of at least 4 members (excludes halogenated alkanes) is 13. The van der Waals surface area contributed by atoms with Gasteiger partial charge in [0.05, 0.1) is 60.0 Å². The molecule has 0 aromatic carbocycles. The number of amides is 8. The summed E-state index contributed by atoms with van der Waals surface area (Å²) in [5.41, 5.74) is 0.349. The summed E-state index contributed by atoms with van der Waals surface area (Å²) in [4.78, 5) is 126. The second-order valence-corrected chi connectivity index (χ2v) is 25.7. The van der Waals surface area contributed by atoms with Crippen LogP contribution in [0.4, 0.5) is 38.4 Å². The zero-order valence-corrected chi connectivity index (χ0v) is 64.2. The SMILES string of the molecule is C=CC(=O)OCCCOC(=O)NCCC(C)CC(C)(C)CNC(=O)OC.C=CC(=O)OCCOC(=O)NCCCCCCNC(=O)OCCCCCCOC(=O)NCCCCCCNC(=O)OC(=C)OC(=O)C=C.C=CCOCCCOC(=O)NCC(C)(C)CC(C)C(=C)NC(=O)OCCCCCCC. The summed E-state index contributed by atoms with van der Waals surface area (Å²) in [5, 5.41) is 21.5. The molecular weight excluding hydrogens is 1370 g/mol. The van der Waals surface area contributed by atoms with E-state index in [4.69, 9.17) is 42.6 Å². The fraction of sp³-hybridized carbons (Fsp3) is 0.689. The van der Waals surface area contributed by atoms with E-state index in [0.29, 0.717) is 129 Å². The molecule has 0 aliphatic carbocycles. The normalized spacial score (nSPS) is 11.0. The highest BCUT2D eigenvalue weighted by Gasteiger charge is 2.25. The molecule has 0 aromatic heterocycles. The van der Waals surface area contributed by atoms with E-state index in [1.54, 1.807) is 6.08 Å². The zero-order valence-electron chi connectivity index (χ0n) is 64.2. The lowest BCUT2D eigenvalue weighted by molar-refractivity contribution is -0.139. The Kier molecular flexibility index (Phi) is 65.0. The third-order valence-corrected chi connectivity index (χ3v) is 14.6. The lowest BCUT2D eigenvalue weighted by Crippen LogP contribution is -2.36. The van der Waals surface area contributed by atoms with Crippen LogP contribution in [0, 0.1) is 22.7 Å². The number of esters is 3. The predicted octanol–water partition coefficient (Wildman–Crippen LogP) is 12.7. The standard InChI is InChI=1S/C32H52N4O12.C24H44N2O5.C18H32N2O6/c1-4-27(37)43-24-25-46-31(41)35-20-14-7-6-12-18-33-29(39)44-22-16-10-11-17-23-45-30(40)34-19-13-8-9-15-21-36-32(42)48-26(3)47-28(38)5-2;1-7-9-10-11-12-16-31-23(28)26-21(4)20(3)18-24(5,6)19-25-22(27)30-17-13-15-29-14-8-2;1-6-15(21)25-10-7-11-26-17(23)19-9-8-14(2)12-18(3,4)13-20-16(22)24-5/h4-5H,1-3,6-25H2,(H,33,39)(H,34,40)(H,35,41)(H,36,42);8,20H,2,4,7,9-19H2,1,3,5-6H3,(H,25,27)(H,26,28);6,14H,1,7-13H2,2-5H3,(H,19,23)(H,20,22). The van der Waals surface area contributed by atoms with Gasteiger partial charge < -0.3 is 94.1 Å². The van der Waals surface area contributed by atoms with Crippen LogP contribution in [0.2, 0.25) is 0 Å². The van der Waals surface area contributed by atoms with Gasteiger partial charge in [0.15, 0.2) is 0 Å². The second kappa shape index (κ2) is 68.1. The monoisotopic (exact) mass is 1500 g/mol. The van der Waals surface area contributed by atoms with Crippen molar-refractivity contribution in [3.63, 3.8) is 0 Å². The van der Waals surface area contributed by atoms with Crippen LogP contribution in [0.3, 0.4) is 0 Å². The molecule has 0 saturated carbocycles. The Morgan fingerprint density at radius 3 is 1.20 bits per heavy atom. The Hall–Kier alpha value is -9.03. The summed E-state index contributed by atoms with van der Waals surface area (Å²) in [6, 6.07) is 0. The highest BCUT2D eigenvalue weighted by molar-refractivity contribution is 5.82. The van der Waals surface area contributed by atoms with Crippen molar-refractivity contribution in [2.24, 2.45) is 22.7 Å². The molecule has 0 rings (SSSR count). The summed E-state index contributed by atoms with van der Waals surface area (Å²) in [7, 11) is 1.34. The maximum absolute atomic E-state index is 11.9. The first-order valence-electron chi connectivity index (χ1n) is 36.3. The minimum Gasteiger partial charge on any atom is -0.462 e. The van der Waals surface area contributed by atoms with E-state index >= 15 is 0 Å². The maximum atomic E-state index is 11.9. The first-order chi connectivity index (χ1) is 50.1. The van der Waals surface area contributed by atoms with Gasteiger partial charge in [-0.2, -0.15) is 0 Å². The molecule has 31 nitrogen and oxygen atoms in total. The van der Waals surface area contributed by atoms with Crippen molar-refractivity contribution in [2.75, 3.05) is 119 Å². The smallest absolute Gasteiger partial charge is 0.415 e. The largest absolute Gasteiger partial charge is 0.462 e. The molecule has 8 amide bonds. The van der Waals surface area contributed by atoms with Crippen LogP contribution in [0.25, 0.3) is 0 Å². The van der Waals surface area contributed by atoms with Crippen molar-refractivity contribution < 1.29 is 110 Å². The number of carbonyl (C=O) groups is 11. The molecule has 0 heterocycles. The highest BCUT2D eigenvalue weighted by Crippen LogP contribution is 2.28. The minimum atomic E-state index is -0.774. The van der Waals surface area contributed by atoms with Gasteiger partial charge in [-0.25, -0.2) is 52.7 Å². The molecule has 0 spiro atoms. The Balaban J connectivity index is -0.00000158. The Morgan fingerprint density at radius 2 is 0.743 bits per heavy atom. The molecule has 2 unspecified atom stereocenters. The number of carbonyl (C=O) groups excluding carboxylic acids is 11. The van der Waals surface area contributed by atoms with Crippen molar-refractivity contribution in [1.29, 1.82) is 0 Å². The third kappa shape index (κ3) is 71.7. The number of hydrogen-bond acceptors (Lipinski definition) is 23. The van der Waals surface area contributed by atoms with Gasteiger partial charge in [-0.1, -0.05) is 132 Å². The molecule has 0 fully saturated rings. The van der Waals surface area contributed by atoms with Crippen LogP contribution < -0.4 is 42.5 Å². The van der Waals surface area contributed by atoms with E-state index in [9.17, 15) is 52.7 Å². The Bertz CT molecular complexity index is 2520. The molecule has 0 aliphatic heterocycles. The lowest BCUT2D eigenvalue weighted by atomic mass is 9.82. The van der Waals surface area contributed by atoms with Crippen LogP contribution in [-0.4, -0.2) is 186 Å². The van der Waals surface area contributed by atoms with Crippen LogP contribution in [0.1, 0.15) is 190 Å². The van der Waals surface area contributed by atoms with Crippen LogP contribution >= 0.6 is 0 Å². The molecule has 2 atom stereocenters. The van der Waals surface area contributed by atoms with Crippen molar-refractivity contribution in [3.05, 3.63) is 75.4 Å². The summed E-state index contributed by atoms with van der Waals surface area (Å²) in [6.45, 7) is 41.1. The lowest BCUT2D eigenvalue weighted by Gasteiger charge is -2.29. The van der Waals surface area contributed by atoms with Gasteiger partial charge in [-0.15, -0.1) is 6.58 Å². The molecule has 8 N–H and O–H groups in total. The molecule has 105 heavy (non-hydrogen) atoms. The predicted molar refractivity (Wildman–Crippen MR) is 397 cm³/mol. The molecule has 31 heteroatoms. The summed E-state index contributed by atoms with van der Waals surface area (Å²) >= 11 is 0. The number of ether oxygens (including phenoxy) is 12. The summed E-state index contributed by atoms with van der Waals surface area (Å²) < 4.78 is 59.0. The molecule has 0 aromatic rings. The van der Waals surface area contributed by atoms with E-state index in [-0.39, 0.29) is 43.2 Å². The van der Waals surface area contributed by atoms with Crippen molar-refractivity contribution in [1.82, 2.24) is 42.5 Å². The topological polar surface area (TPSA) is 395 Å². The number of hydrogen-bond donors (Lipinski definition) is 8. The van der Waals surface area contributed by atoms with Crippen molar-refractivity contribution >= 4 is 66.7 Å². The second-order valence-electron chi connectivity index (χ2n) is 25.7. The van der Waals surface area contributed by atoms with E-state index in [0.717, 1.165) is 108 Å². The Morgan fingerprint density at radius 1 is 0.381 bits per heavy atom. The molecule has 0 aliphatic rings. The van der Waals surface area contributed by atoms with Crippen LogP contribution in [-0.2, 0) is 71.2 Å². The van der Waals surface area contributed by atoms with Gasteiger partial charge in [-0.3, -0.25) is 5.32 Å². The maximum Gasteiger partial charge on any atom is 0.415 e. The fourth-order valence-corrected chi connectivity index (χ4v) is 9.13.